The molecule has 0 atom stereocenters. The molecule has 0 fully saturated rings. The Morgan fingerprint density at radius 3 is 2.86 bits per heavy atom. The van der Waals surface area contributed by atoms with E-state index in [1.165, 1.54) is 5.57 Å². The van der Waals surface area contributed by atoms with Crippen molar-refractivity contribution < 1.29 is 4.79 Å². The van der Waals surface area contributed by atoms with Gasteiger partial charge in [0.25, 0.3) is 0 Å². The van der Waals surface area contributed by atoms with E-state index in [-0.39, 0.29) is 5.91 Å². The Kier molecular flexibility index (Phi) is 2.35. The van der Waals surface area contributed by atoms with Gasteiger partial charge in [0.05, 0.1) is 0 Å². The van der Waals surface area contributed by atoms with E-state index in [1.807, 2.05) is 0 Å². The maximum Gasteiger partial charge on any atom is 0.248 e. The summed E-state index contributed by atoms with van der Waals surface area (Å²) < 4.78 is 0. The molecule has 0 radical (unpaired) electrons. The lowest BCUT2D eigenvalue weighted by Crippen LogP contribution is -2.12. The van der Waals surface area contributed by atoms with Crippen molar-refractivity contribution in [1.82, 2.24) is 5.32 Å². The van der Waals surface area contributed by atoms with Crippen LogP contribution in [0.5, 0.6) is 0 Å². The normalized spacial score (nSPS) is 20.6. The molecular weight excluding hydrogens is 174 g/mol. The minimum atomic E-state index is -0.0506. The molecule has 1 heterocycles. The van der Waals surface area contributed by atoms with Crippen molar-refractivity contribution in [3.05, 3.63) is 47.7 Å². The van der Waals surface area contributed by atoms with Crippen molar-refractivity contribution >= 4 is 5.91 Å². The lowest BCUT2D eigenvalue weighted by Gasteiger charge is -2.07. The van der Waals surface area contributed by atoms with Crippen LogP contribution in [-0.2, 0) is 4.79 Å². The average Bonchev–Trinajstić information content (AvgIpc) is 2.47. The molecular formula is C12H13NO. The third kappa shape index (κ3) is 1.84. The highest BCUT2D eigenvalue weighted by Crippen LogP contribution is 2.23. The van der Waals surface area contributed by atoms with Crippen molar-refractivity contribution in [3.63, 3.8) is 0 Å². The SMILES string of the molecule is C=C1NC(=O)C=C1CC1=CCCC=C1. The molecule has 0 aromatic carbocycles. The van der Waals surface area contributed by atoms with Gasteiger partial charge in [0.1, 0.15) is 0 Å². The van der Waals surface area contributed by atoms with E-state index in [0.717, 1.165) is 30.5 Å². The molecule has 0 saturated heterocycles. The molecule has 1 aliphatic carbocycles. The first-order valence-electron chi connectivity index (χ1n) is 4.82. The topological polar surface area (TPSA) is 29.1 Å². The molecule has 2 heteroatoms. The summed E-state index contributed by atoms with van der Waals surface area (Å²) in [5.74, 6) is -0.0506. The Morgan fingerprint density at radius 2 is 2.29 bits per heavy atom. The molecule has 0 bridgehead atoms. The first kappa shape index (κ1) is 9.00. The molecule has 0 saturated carbocycles. The van der Waals surface area contributed by atoms with E-state index in [0.29, 0.717) is 0 Å². The predicted octanol–water partition coefficient (Wildman–Crippen LogP) is 2.22. The van der Waals surface area contributed by atoms with Crippen LogP contribution in [0.25, 0.3) is 0 Å². The third-order valence-electron chi connectivity index (χ3n) is 2.43. The maximum atomic E-state index is 11.0. The van der Waals surface area contributed by atoms with E-state index in [1.54, 1.807) is 6.08 Å². The van der Waals surface area contributed by atoms with Gasteiger partial charge in [-0.05, 0) is 30.4 Å². The van der Waals surface area contributed by atoms with Gasteiger partial charge in [0.15, 0.2) is 0 Å². The molecule has 1 N–H and O–H groups in total. The van der Waals surface area contributed by atoms with E-state index in [2.05, 4.69) is 30.1 Å². The summed E-state index contributed by atoms with van der Waals surface area (Å²) in [5.41, 5.74) is 3.03. The first-order valence-corrected chi connectivity index (χ1v) is 4.82. The second-order valence-corrected chi connectivity index (χ2v) is 3.57. The summed E-state index contributed by atoms with van der Waals surface area (Å²) in [6, 6.07) is 0. The van der Waals surface area contributed by atoms with Crippen LogP contribution >= 0.6 is 0 Å². The van der Waals surface area contributed by atoms with Crippen molar-refractivity contribution in [1.29, 1.82) is 0 Å². The monoisotopic (exact) mass is 187 g/mol. The van der Waals surface area contributed by atoms with Gasteiger partial charge in [-0.1, -0.05) is 24.8 Å². The van der Waals surface area contributed by atoms with Gasteiger partial charge in [-0.3, -0.25) is 4.79 Å². The number of carbonyl (C=O) groups excluding carboxylic acids is 1. The Labute approximate surface area is 83.7 Å². The highest BCUT2D eigenvalue weighted by atomic mass is 16.1. The smallest absolute Gasteiger partial charge is 0.248 e. The fraction of sp³-hybridized carbons (Fsp3) is 0.250. The van der Waals surface area contributed by atoms with Gasteiger partial charge in [0, 0.05) is 11.8 Å². The van der Waals surface area contributed by atoms with Crippen LogP contribution < -0.4 is 5.32 Å². The van der Waals surface area contributed by atoms with Crippen molar-refractivity contribution in [2.75, 3.05) is 0 Å². The fourth-order valence-corrected chi connectivity index (χ4v) is 1.69. The zero-order valence-electron chi connectivity index (χ0n) is 8.05. The maximum absolute atomic E-state index is 11.0. The molecule has 2 aliphatic rings. The van der Waals surface area contributed by atoms with Gasteiger partial charge in [-0.15, -0.1) is 0 Å². The molecule has 0 unspecified atom stereocenters. The number of hydrogen-bond acceptors (Lipinski definition) is 1. The third-order valence-corrected chi connectivity index (χ3v) is 2.43. The van der Waals surface area contributed by atoms with E-state index in [9.17, 15) is 4.79 Å². The lowest BCUT2D eigenvalue weighted by atomic mass is 9.99. The Hall–Kier alpha value is -1.57. The quantitative estimate of drug-likeness (QED) is 0.705. The molecule has 1 amide bonds. The van der Waals surface area contributed by atoms with Crippen molar-refractivity contribution in [2.45, 2.75) is 19.3 Å². The number of hydrogen-bond donors (Lipinski definition) is 1. The summed E-state index contributed by atoms with van der Waals surface area (Å²) in [6.45, 7) is 3.80. The highest BCUT2D eigenvalue weighted by Gasteiger charge is 2.15. The number of amides is 1. The second kappa shape index (κ2) is 3.66. The Balaban J connectivity index is 2.07. The Morgan fingerprint density at radius 1 is 1.43 bits per heavy atom. The molecule has 2 rings (SSSR count). The van der Waals surface area contributed by atoms with Gasteiger partial charge >= 0.3 is 0 Å². The van der Waals surface area contributed by atoms with Crippen LogP contribution in [0, 0.1) is 0 Å². The number of allylic oxidation sites excluding steroid dienone is 5. The van der Waals surface area contributed by atoms with Gasteiger partial charge in [0.2, 0.25) is 5.91 Å². The van der Waals surface area contributed by atoms with Gasteiger partial charge in [-0.2, -0.15) is 0 Å². The molecule has 0 aromatic heterocycles. The Bertz CT molecular complexity index is 372. The fourth-order valence-electron chi connectivity index (χ4n) is 1.69. The molecule has 0 spiro atoms. The highest BCUT2D eigenvalue weighted by molar-refractivity contribution is 5.94. The van der Waals surface area contributed by atoms with Crippen LogP contribution in [0.15, 0.2) is 47.7 Å². The minimum Gasteiger partial charge on any atom is -0.323 e. The molecule has 2 nitrogen and oxygen atoms in total. The summed E-state index contributed by atoms with van der Waals surface area (Å²) in [6.07, 6.45) is 11.2. The molecule has 0 aromatic rings. The van der Waals surface area contributed by atoms with Crippen LogP contribution in [0.2, 0.25) is 0 Å². The minimum absolute atomic E-state index is 0.0506. The number of carbonyl (C=O) groups is 1. The van der Waals surface area contributed by atoms with Crippen LogP contribution in [0.1, 0.15) is 19.3 Å². The van der Waals surface area contributed by atoms with Crippen LogP contribution in [0.4, 0.5) is 0 Å². The van der Waals surface area contributed by atoms with Gasteiger partial charge < -0.3 is 5.32 Å². The summed E-state index contributed by atoms with van der Waals surface area (Å²) in [7, 11) is 0. The van der Waals surface area contributed by atoms with Crippen LogP contribution in [-0.4, -0.2) is 5.91 Å². The zero-order valence-corrected chi connectivity index (χ0v) is 8.05. The number of nitrogens with one attached hydrogen (secondary N) is 1. The summed E-state index contributed by atoms with van der Waals surface area (Å²) in [4.78, 5) is 11.0. The van der Waals surface area contributed by atoms with Crippen LogP contribution in [0.3, 0.4) is 0 Å². The van der Waals surface area contributed by atoms with Crippen molar-refractivity contribution in [3.8, 4) is 0 Å². The average molecular weight is 187 g/mol. The number of rotatable bonds is 2. The predicted molar refractivity (Wildman–Crippen MR) is 56.4 cm³/mol. The molecule has 14 heavy (non-hydrogen) atoms. The van der Waals surface area contributed by atoms with E-state index in [4.69, 9.17) is 0 Å². The summed E-state index contributed by atoms with van der Waals surface area (Å²) >= 11 is 0. The summed E-state index contributed by atoms with van der Waals surface area (Å²) in [5, 5.41) is 2.68. The van der Waals surface area contributed by atoms with E-state index < -0.39 is 0 Å². The second-order valence-electron chi connectivity index (χ2n) is 3.57. The zero-order chi connectivity index (χ0) is 9.97. The van der Waals surface area contributed by atoms with E-state index >= 15 is 0 Å². The first-order chi connectivity index (χ1) is 6.75. The van der Waals surface area contributed by atoms with Gasteiger partial charge in [-0.25, -0.2) is 0 Å². The molecule has 1 aliphatic heterocycles. The standard InChI is InChI=1S/C12H13NO/c1-9-11(8-12(14)13-9)7-10-5-3-2-4-6-10/h3,5-6,8H,1-2,4,7H2,(H,13,14). The lowest BCUT2D eigenvalue weighted by molar-refractivity contribution is -0.115. The van der Waals surface area contributed by atoms with Crippen molar-refractivity contribution in [2.24, 2.45) is 0 Å². The largest absolute Gasteiger partial charge is 0.323 e. The molecule has 72 valence electrons.